The van der Waals surface area contributed by atoms with E-state index in [1.165, 1.54) is 164 Å². The number of imide groups is 2. The average molecular weight is 783 g/mol. The lowest BCUT2D eigenvalue weighted by molar-refractivity contribution is -0.128. The number of nitrogens with zero attached hydrogens (tertiary/aromatic N) is 2. The lowest BCUT2D eigenvalue weighted by Crippen LogP contribution is -2.44. The Hall–Kier alpha value is -2.58. The highest BCUT2D eigenvalue weighted by molar-refractivity contribution is 6.14. The second kappa shape index (κ2) is 36.7. The van der Waals surface area contributed by atoms with E-state index in [9.17, 15) is 19.2 Å². The fourth-order valence-electron chi connectivity index (χ4n) is 7.68. The van der Waals surface area contributed by atoms with Gasteiger partial charge in [0.05, 0.1) is 24.2 Å². The third kappa shape index (κ3) is 24.9. The summed E-state index contributed by atoms with van der Waals surface area (Å²) in [7, 11) is 0. The molecule has 8 nitrogen and oxygen atoms in total. The van der Waals surface area contributed by atoms with Crippen LogP contribution in [-0.2, 0) is 9.59 Å². The molecule has 4 amide bonds. The number of benzene rings is 1. The van der Waals surface area contributed by atoms with Crippen molar-refractivity contribution in [2.75, 3.05) is 26.2 Å². The minimum atomic E-state index is -0.548. The van der Waals surface area contributed by atoms with Gasteiger partial charge in [0.15, 0.2) is 0 Å². The van der Waals surface area contributed by atoms with E-state index in [-0.39, 0.29) is 37.3 Å². The number of carbonyl (C=O) groups excluding carboxylic acids is 4. The van der Waals surface area contributed by atoms with Crippen molar-refractivity contribution in [2.45, 2.75) is 219 Å². The van der Waals surface area contributed by atoms with Crippen LogP contribution in [0.1, 0.15) is 240 Å². The molecule has 8 heteroatoms. The molecule has 4 N–H and O–H groups in total. The van der Waals surface area contributed by atoms with Crippen molar-refractivity contribution in [3.05, 3.63) is 35.4 Å². The van der Waals surface area contributed by atoms with Crippen molar-refractivity contribution in [3.8, 4) is 0 Å². The summed E-state index contributed by atoms with van der Waals surface area (Å²) in [6.07, 6.45) is 39.7. The molecule has 322 valence electrons. The Kier molecular flexibility index (Phi) is 33.7. The topological polar surface area (TPSA) is 127 Å². The minimum Gasteiger partial charge on any atom is -0.322 e. The average Bonchev–Trinajstić information content (AvgIpc) is 3.22. The summed E-state index contributed by atoms with van der Waals surface area (Å²) >= 11 is 0. The molecule has 0 atom stereocenters. The fraction of sp³-hybridized carbons (Fsp3) is 0.792. The molecule has 0 radical (unpaired) electrons. The quantitative estimate of drug-likeness (QED) is 0.0643. The van der Waals surface area contributed by atoms with Crippen LogP contribution in [0.3, 0.4) is 0 Å². The smallest absolute Gasteiger partial charge is 0.261 e. The number of unbranched alkanes of at least 4 members (excludes halogenated alkanes) is 30. The third-order valence-electron chi connectivity index (χ3n) is 11.3. The van der Waals surface area contributed by atoms with E-state index in [1.807, 2.05) is 0 Å². The van der Waals surface area contributed by atoms with Crippen molar-refractivity contribution in [1.29, 1.82) is 0 Å². The first-order valence-corrected chi connectivity index (χ1v) is 23.6. The lowest BCUT2D eigenvalue weighted by atomic mass is 10.0. The van der Waals surface area contributed by atoms with E-state index in [0.29, 0.717) is 12.8 Å². The van der Waals surface area contributed by atoms with Crippen LogP contribution in [0.5, 0.6) is 0 Å². The zero-order valence-corrected chi connectivity index (χ0v) is 36.4. The fourth-order valence-corrected chi connectivity index (χ4v) is 7.68. The molecule has 0 aliphatic rings. The summed E-state index contributed by atoms with van der Waals surface area (Å²) in [6, 6.07) is 6.46. The molecule has 1 aromatic rings. The molecule has 0 bridgehead atoms. The van der Waals surface area contributed by atoms with Gasteiger partial charge in [0, 0.05) is 13.1 Å². The number of carbonyl (C=O) groups is 4. The first-order valence-electron chi connectivity index (χ1n) is 23.6. The van der Waals surface area contributed by atoms with E-state index >= 15 is 0 Å². The highest BCUT2D eigenvalue weighted by Crippen LogP contribution is 2.19. The Morgan fingerprint density at radius 2 is 0.589 bits per heavy atom. The second-order valence-electron chi connectivity index (χ2n) is 16.3. The van der Waals surface area contributed by atoms with E-state index in [1.54, 1.807) is 24.3 Å². The van der Waals surface area contributed by atoms with Crippen LogP contribution < -0.4 is 11.5 Å². The van der Waals surface area contributed by atoms with Crippen molar-refractivity contribution in [2.24, 2.45) is 11.5 Å². The molecule has 0 heterocycles. The first kappa shape index (κ1) is 51.4. The molecule has 1 rings (SSSR count). The number of hydrogen-bond acceptors (Lipinski definition) is 6. The van der Waals surface area contributed by atoms with E-state index in [4.69, 9.17) is 11.5 Å². The minimum absolute atomic E-state index is 0.109. The van der Waals surface area contributed by atoms with Crippen LogP contribution in [0.4, 0.5) is 0 Å². The summed E-state index contributed by atoms with van der Waals surface area (Å²) in [5.41, 5.74) is 11.7. The summed E-state index contributed by atoms with van der Waals surface area (Å²) < 4.78 is 0. The van der Waals surface area contributed by atoms with Gasteiger partial charge in [-0.15, -0.1) is 0 Å². The normalized spacial score (nSPS) is 11.2. The first-order chi connectivity index (χ1) is 27.4. The zero-order chi connectivity index (χ0) is 40.9. The molecule has 0 saturated heterocycles. The van der Waals surface area contributed by atoms with Crippen molar-refractivity contribution in [1.82, 2.24) is 9.80 Å². The van der Waals surface area contributed by atoms with Crippen LogP contribution in [0.25, 0.3) is 0 Å². The van der Waals surface area contributed by atoms with Crippen LogP contribution in [-0.4, -0.2) is 59.6 Å². The SMILES string of the molecule is CCCCCCCCCCCCCCCCCCN(C(=O)CN)C(=O)c1ccccc1C(=O)N(CCCCCCCCCCCCCCCCCC)C(=O)CN. The maximum atomic E-state index is 13.8. The number of rotatable bonds is 38. The molecule has 56 heavy (non-hydrogen) atoms. The van der Waals surface area contributed by atoms with Crippen LogP contribution in [0.2, 0.25) is 0 Å². The van der Waals surface area contributed by atoms with Gasteiger partial charge in [-0.1, -0.05) is 219 Å². The summed E-state index contributed by atoms with van der Waals surface area (Å²) in [6.45, 7) is 4.44. The predicted molar refractivity (Wildman–Crippen MR) is 236 cm³/mol. The molecule has 1 aromatic carbocycles. The Labute approximate surface area is 344 Å². The van der Waals surface area contributed by atoms with Gasteiger partial charge in [-0.25, -0.2) is 0 Å². The lowest BCUT2D eigenvalue weighted by Gasteiger charge is -2.24. The summed E-state index contributed by atoms with van der Waals surface area (Å²) in [4.78, 5) is 55.7. The van der Waals surface area contributed by atoms with Gasteiger partial charge in [0.25, 0.3) is 11.8 Å². The van der Waals surface area contributed by atoms with E-state index in [2.05, 4.69) is 13.8 Å². The van der Waals surface area contributed by atoms with Crippen LogP contribution in [0.15, 0.2) is 24.3 Å². The Balaban J connectivity index is 2.46. The summed E-state index contributed by atoms with van der Waals surface area (Å²) in [5.74, 6) is -2.04. The molecule has 0 saturated carbocycles. The zero-order valence-electron chi connectivity index (χ0n) is 36.4. The van der Waals surface area contributed by atoms with Crippen LogP contribution in [0, 0.1) is 0 Å². The van der Waals surface area contributed by atoms with Gasteiger partial charge < -0.3 is 11.5 Å². The van der Waals surface area contributed by atoms with E-state index in [0.717, 1.165) is 38.5 Å². The Bertz CT molecular complexity index is 1050. The van der Waals surface area contributed by atoms with Gasteiger partial charge in [0.2, 0.25) is 11.8 Å². The maximum Gasteiger partial charge on any atom is 0.261 e. The monoisotopic (exact) mass is 783 g/mol. The molecule has 0 unspecified atom stereocenters. The number of nitrogens with two attached hydrogens (primary N) is 2. The van der Waals surface area contributed by atoms with Crippen molar-refractivity contribution < 1.29 is 19.2 Å². The standard InChI is InChI=1S/C48H86N4O4/c1-3-5-7-9-11-13-15-17-19-21-23-25-27-29-31-35-39-51(45(53)41-49)47(55)43-37-33-34-38-44(43)48(56)52(46(54)42-50)40-36-32-30-28-26-24-22-20-18-16-14-12-10-8-6-4-2/h33-34,37-38H,3-32,35-36,39-42,49-50H2,1-2H3. The third-order valence-corrected chi connectivity index (χ3v) is 11.3. The molecular formula is C48H86N4O4. The largest absolute Gasteiger partial charge is 0.322 e. The highest BCUT2D eigenvalue weighted by Gasteiger charge is 2.29. The molecule has 0 aliphatic heterocycles. The van der Waals surface area contributed by atoms with Gasteiger partial charge in [-0.05, 0) is 25.0 Å². The number of amides is 4. The second-order valence-corrected chi connectivity index (χ2v) is 16.3. The Morgan fingerprint density at radius 1 is 0.375 bits per heavy atom. The molecule has 0 aliphatic carbocycles. The van der Waals surface area contributed by atoms with Gasteiger partial charge >= 0.3 is 0 Å². The molecule has 0 aromatic heterocycles. The Morgan fingerprint density at radius 3 is 0.804 bits per heavy atom. The molecule has 0 spiro atoms. The summed E-state index contributed by atoms with van der Waals surface area (Å²) in [5, 5.41) is 0. The van der Waals surface area contributed by atoms with Crippen molar-refractivity contribution >= 4 is 23.6 Å². The van der Waals surface area contributed by atoms with Gasteiger partial charge in [-0.2, -0.15) is 0 Å². The van der Waals surface area contributed by atoms with Gasteiger partial charge in [0.1, 0.15) is 0 Å². The predicted octanol–water partition coefficient (Wildman–Crippen LogP) is 12.1. The molecular weight excluding hydrogens is 697 g/mol. The maximum absolute atomic E-state index is 13.8. The molecule has 0 fully saturated rings. The van der Waals surface area contributed by atoms with Crippen molar-refractivity contribution in [3.63, 3.8) is 0 Å². The van der Waals surface area contributed by atoms with Gasteiger partial charge in [-0.3, -0.25) is 29.0 Å². The van der Waals surface area contributed by atoms with E-state index < -0.39 is 23.6 Å². The van der Waals surface area contributed by atoms with Crippen LogP contribution >= 0.6 is 0 Å². The highest BCUT2D eigenvalue weighted by atomic mass is 16.2. The number of hydrogen-bond donors (Lipinski definition) is 2.